The molecule has 0 aliphatic carbocycles. The lowest BCUT2D eigenvalue weighted by atomic mass is 10.7. The van der Waals surface area contributed by atoms with Crippen LogP contribution in [0.15, 0.2) is 0 Å². The Kier molecular flexibility index (Phi) is 1.60. The van der Waals surface area contributed by atoms with E-state index >= 15 is 0 Å². The molecule has 3 heteroatoms. The Morgan fingerprint density at radius 2 is 2.17 bits per heavy atom. The molecule has 0 aromatic rings. The second kappa shape index (κ2) is 1.77. The predicted octanol–water partition coefficient (Wildman–Crippen LogP) is 0.0157. The number of carbonyl (C=O) groups excluding carboxylic acids is 1. The smallest absolute Gasteiger partial charge is 0.242 e. The molecule has 1 N–H and O–H groups in total. The van der Waals surface area contributed by atoms with Crippen LogP contribution in [0.1, 0.15) is 6.92 Å². The number of hydroxylamine groups is 2. The molecule has 0 unspecified atom stereocenters. The third-order valence-corrected chi connectivity index (χ3v) is 0.363. The minimum Gasteiger partial charge on any atom is -0.286 e. The van der Waals surface area contributed by atoms with Gasteiger partial charge in [0.25, 0.3) is 0 Å². The first-order valence-corrected chi connectivity index (χ1v) is 1.44. The van der Waals surface area contributed by atoms with Crippen LogP contribution in [0.4, 0.5) is 0 Å². The molecule has 0 rings (SSSR count). The zero-order valence-corrected chi connectivity index (χ0v) is 3.51. The van der Waals surface area contributed by atoms with Gasteiger partial charge in [-0.3, -0.25) is 10.0 Å². The van der Waals surface area contributed by atoms with Gasteiger partial charge in [-0.25, -0.2) is 5.06 Å². The maximum absolute atomic E-state index is 9.76. The van der Waals surface area contributed by atoms with E-state index in [-0.39, 0.29) is 5.06 Å². The molecular weight excluding hydrogens is 82.0 g/mol. The van der Waals surface area contributed by atoms with Crippen molar-refractivity contribution in [3.05, 3.63) is 7.05 Å². The summed E-state index contributed by atoms with van der Waals surface area (Å²) in [4.78, 5) is 9.76. The molecule has 3 nitrogen and oxygen atoms in total. The third kappa shape index (κ3) is 1.72. The highest BCUT2D eigenvalue weighted by atomic mass is 16.5. The molecule has 6 heavy (non-hydrogen) atoms. The average molecular weight is 88.1 g/mol. The fraction of sp³-hybridized carbons (Fsp3) is 0.333. The SMILES string of the molecule is [CH2]N(O)C(C)=O. The average Bonchev–Trinajstić information content (AvgIpc) is 1.36. The van der Waals surface area contributed by atoms with Crippen LogP contribution in [0.5, 0.6) is 0 Å². The zero-order chi connectivity index (χ0) is 5.15. The maximum Gasteiger partial charge on any atom is 0.242 e. The van der Waals surface area contributed by atoms with Crippen molar-refractivity contribution in [3.63, 3.8) is 0 Å². The lowest BCUT2D eigenvalue weighted by Gasteiger charge is -1.99. The summed E-state index contributed by atoms with van der Waals surface area (Å²) in [5, 5.41) is 8.28. The Balaban J connectivity index is 3.26. The number of hydrogen-bond donors (Lipinski definition) is 1. The van der Waals surface area contributed by atoms with Crippen LogP contribution in [-0.2, 0) is 4.79 Å². The molecule has 0 aliphatic rings. The van der Waals surface area contributed by atoms with Gasteiger partial charge >= 0.3 is 0 Å². The molecular formula is C3H6NO2. The van der Waals surface area contributed by atoms with E-state index in [1.807, 2.05) is 0 Å². The Hall–Kier alpha value is -0.570. The molecule has 0 atom stereocenters. The Morgan fingerprint density at radius 3 is 2.17 bits per heavy atom. The van der Waals surface area contributed by atoms with Gasteiger partial charge in [0.15, 0.2) is 0 Å². The topological polar surface area (TPSA) is 40.5 Å². The number of hydrogen-bond acceptors (Lipinski definition) is 2. The normalized spacial score (nSPS) is 7.83. The Labute approximate surface area is 36.1 Å². The summed E-state index contributed by atoms with van der Waals surface area (Å²) in [7, 11) is 2.88. The number of carbonyl (C=O) groups is 1. The van der Waals surface area contributed by atoms with Gasteiger partial charge in [0.1, 0.15) is 0 Å². The van der Waals surface area contributed by atoms with Crippen LogP contribution in [0.25, 0.3) is 0 Å². The van der Waals surface area contributed by atoms with Gasteiger partial charge in [-0.05, 0) is 0 Å². The second-order valence-electron chi connectivity index (χ2n) is 0.919. The van der Waals surface area contributed by atoms with Crippen LogP contribution >= 0.6 is 0 Å². The van der Waals surface area contributed by atoms with Crippen molar-refractivity contribution in [3.8, 4) is 0 Å². The van der Waals surface area contributed by atoms with Crippen molar-refractivity contribution in [2.75, 3.05) is 0 Å². The Bertz CT molecular complexity index is 59.8. The molecule has 0 saturated heterocycles. The maximum atomic E-state index is 9.76. The van der Waals surface area contributed by atoms with Crippen LogP contribution in [0.2, 0.25) is 0 Å². The molecule has 0 heterocycles. The fourth-order valence-electron chi connectivity index (χ4n) is 0. The summed E-state index contributed by atoms with van der Waals surface area (Å²) in [6.45, 7) is 1.22. The second-order valence-corrected chi connectivity index (χ2v) is 0.919. The summed E-state index contributed by atoms with van der Waals surface area (Å²) < 4.78 is 0. The molecule has 1 amide bonds. The molecule has 0 spiro atoms. The quantitative estimate of drug-likeness (QED) is 0.335. The van der Waals surface area contributed by atoms with Gasteiger partial charge in [0.2, 0.25) is 5.91 Å². The highest BCUT2D eigenvalue weighted by Gasteiger charge is 1.90. The lowest BCUT2D eigenvalue weighted by molar-refractivity contribution is -0.152. The van der Waals surface area contributed by atoms with Gasteiger partial charge < -0.3 is 0 Å². The van der Waals surface area contributed by atoms with Crippen LogP contribution < -0.4 is 0 Å². The minimum absolute atomic E-state index is 0.278. The Morgan fingerprint density at radius 1 is 2.00 bits per heavy atom. The standard InChI is InChI=1S/C3H6NO2/c1-3(5)4(2)6/h6H,2H2,1H3. The highest BCUT2D eigenvalue weighted by molar-refractivity contribution is 5.71. The van der Waals surface area contributed by atoms with Gasteiger partial charge in [-0.2, -0.15) is 0 Å². The molecule has 35 valence electrons. The van der Waals surface area contributed by atoms with Crippen molar-refractivity contribution >= 4 is 5.91 Å². The van der Waals surface area contributed by atoms with E-state index in [2.05, 4.69) is 7.05 Å². The minimum atomic E-state index is -0.463. The van der Waals surface area contributed by atoms with E-state index in [1.165, 1.54) is 6.92 Å². The molecule has 0 bridgehead atoms. The van der Waals surface area contributed by atoms with Crippen molar-refractivity contribution in [1.82, 2.24) is 5.06 Å². The lowest BCUT2D eigenvalue weighted by Crippen LogP contribution is -2.15. The van der Waals surface area contributed by atoms with E-state index in [0.29, 0.717) is 0 Å². The number of rotatable bonds is 0. The number of nitrogens with zero attached hydrogens (tertiary/aromatic N) is 1. The summed E-state index contributed by atoms with van der Waals surface area (Å²) in [6.07, 6.45) is 0. The van der Waals surface area contributed by atoms with Crippen LogP contribution in [-0.4, -0.2) is 16.2 Å². The van der Waals surface area contributed by atoms with Crippen molar-refractivity contribution in [2.24, 2.45) is 0 Å². The van der Waals surface area contributed by atoms with Gasteiger partial charge in [-0.1, -0.05) is 0 Å². The van der Waals surface area contributed by atoms with E-state index in [1.54, 1.807) is 0 Å². The van der Waals surface area contributed by atoms with E-state index in [0.717, 1.165) is 0 Å². The highest BCUT2D eigenvalue weighted by Crippen LogP contribution is 1.72. The molecule has 0 aromatic carbocycles. The number of amides is 1. The summed E-state index contributed by atoms with van der Waals surface area (Å²) in [5.74, 6) is -0.463. The van der Waals surface area contributed by atoms with Gasteiger partial charge in [0, 0.05) is 6.92 Å². The first-order valence-electron chi connectivity index (χ1n) is 1.44. The van der Waals surface area contributed by atoms with Crippen molar-refractivity contribution < 1.29 is 10.0 Å². The van der Waals surface area contributed by atoms with Gasteiger partial charge in [0.05, 0.1) is 7.05 Å². The molecule has 0 saturated carbocycles. The first kappa shape index (κ1) is 5.43. The molecule has 0 aliphatic heterocycles. The largest absolute Gasteiger partial charge is 0.286 e. The predicted molar refractivity (Wildman–Crippen MR) is 19.7 cm³/mol. The summed E-state index contributed by atoms with van der Waals surface area (Å²) >= 11 is 0. The van der Waals surface area contributed by atoms with Crippen molar-refractivity contribution in [2.45, 2.75) is 6.92 Å². The van der Waals surface area contributed by atoms with E-state index in [9.17, 15) is 4.79 Å². The van der Waals surface area contributed by atoms with Gasteiger partial charge in [-0.15, -0.1) is 0 Å². The van der Waals surface area contributed by atoms with Crippen LogP contribution in [0.3, 0.4) is 0 Å². The summed E-state index contributed by atoms with van der Waals surface area (Å²) in [5.41, 5.74) is 0. The molecule has 0 fully saturated rings. The van der Waals surface area contributed by atoms with E-state index in [4.69, 9.17) is 5.21 Å². The van der Waals surface area contributed by atoms with Crippen LogP contribution in [0, 0.1) is 7.05 Å². The molecule has 1 radical (unpaired) electrons. The third-order valence-electron chi connectivity index (χ3n) is 0.363. The van der Waals surface area contributed by atoms with E-state index < -0.39 is 5.91 Å². The molecule has 0 aromatic heterocycles. The zero-order valence-electron chi connectivity index (χ0n) is 3.51. The van der Waals surface area contributed by atoms with Crippen molar-refractivity contribution in [1.29, 1.82) is 0 Å². The fourth-order valence-corrected chi connectivity index (χ4v) is 0. The summed E-state index contributed by atoms with van der Waals surface area (Å²) in [6, 6.07) is 0. The monoisotopic (exact) mass is 88.0 g/mol. The first-order chi connectivity index (χ1) is 2.64.